The summed E-state index contributed by atoms with van der Waals surface area (Å²) in [7, 11) is 5.54. The topological polar surface area (TPSA) is 64.7 Å². The van der Waals surface area contributed by atoms with Crippen LogP contribution in [0.3, 0.4) is 0 Å². The lowest BCUT2D eigenvalue weighted by Gasteiger charge is -2.38. The number of aromatic nitrogens is 1. The maximum absolute atomic E-state index is 12.7. The number of anilines is 3. The molecule has 5 rings (SSSR count). The molecule has 0 amide bonds. The summed E-state index contributed by atoms with van der Waals surface area (Å²) in [6.07, 6.45) is 3.16. The number of rotatable bonds is 3. The highest BCUT2D eigenvalue weighted by Crippen LogP contribution is 2.44. The Morgan fingerprint density at radius 2 is 1.83 bits per heavy atom. The molecule has 0 aliphatic carbocycles. The molecule has 180 valence electrons. The summed E-state index contributed by atoms with van der Waals surface area (Å²) < 4.78 is 9.56. The van der Waals surface area contributed by atoms with Crippen molar-refractivity contribution in [1.82, 2.24) is 7.68 Å². The first-order valence-electron chi connectivity index (χ1n) is 11.7. The number of halogens is 1. The number of fused-ring (bicyclic) bond motifs is 2. The molecule has 0 bridgehead atoms. The zero-order valence-corrected chi connectivity index (χ0v) is 22.6. The maximum atomic E-state index is 12.7. The van der Waals surface area contributed by atoms with Crippen LogP contribution in [-0.4, -0.2) is 48.0 Å². The Labute approximate surface area is 219 Å². The monoisotopic (exact) mass is 581 g/mol. The fourth-order valence-electron chi connectivity index (χ4n) is 5.10. The van der Waals surface area contributed by atoms with Crippen molar-refractivity contribution in [3.05, 3.63) is 63.5 Å². The van der Waals surface area contributed by atoms with Crippen LogP contribution < -0.4 is 20.1 Å². The zero-order valence-electron chi connectivity index (χ0n) is 20.4. The molecule has 1 aromatic heterocycles. The first-order chi connectivity index (χ1) is 16.8. The predicted molar refractivity (Wildman–Crippen MR) is 150 cm³/mol. The molecular weight excluding hydrogens is 553 g/mol. The van der Waals surface area contributed by atoms with Crippen LogP contribution in [0.1, 0.15) is 23.1 Å². The molecule has 0 saturated heterocycles. The lowest BCUT2D eigenvalue weighted by molar-refractivity contribution is 0.415. The Hall–Kier alpha value is -3.03. The van der Waals surface area contributed by atoms with Crippen molar-refractivity contribution >= 4 is 56.4 Å². The van der Waals surface area contributed by atoms with E-state index in [4.69, 9.17) is 4.74 Å². The number of hydrogen-bond acceptors (Lipinski definition) is 6. The Morgan fingerprint density at radius 3 is 2.51 bits per heavy atom. The van der Waals surface area contributed by atoms with Gasteiger partial charge in [0.05, 0.1) is 41.3 Å². The quantitative estimate of drug-likeness (QED) is 0.329. The number of ether oxygens (including phenoxy) is 1. The maximum Gasteiger partial charge on any atom is 0.253 e. The third-order valence-corrected chi connectivity index (χ3v) is 7.98. The van der Waals surface area contributed by atoms with Crippen LogP contribution in [0.5, 0.6) is 5.75 Å². The van der Waals surface area contributed by atoms with Crippen molar-refractivity contribution in [2.24, 2.45) is 7.05 Å². The second-order valence-corrected chi connectivity index (χ2v) is 10.6. The fourth-order valence-corrected chi connectivity index (χ4v) is 5.54. The molecule has 0 N–H and O–H groups in total. The third-order valence-electron chi connectivity index (χ3n) is 7.10. The molecule has 35 heavy (non-hydrogen) atoms. The van der Waals surface area contributed by atoms with Crippen molar-refractivity contribution in [3.63, 3.8) is 0 Å². The highest BCUT2D eigenvalue weighted by molar-refractivity contribution is 14.1. The third kappa shape index (κ3) is 4.06. The normalized spacial score (nSPS) is 16.2. The molecule has 0 spiro atoms. The molecule has 0 fully saturated rings. The standard InChI is InChI=1S/C27H28IN5O2/c1-17-11-22-23(31(3)27(17)34)13-20(35-4)14-24(22)33-10-9-30(2)25-15-21(19(16-29)12-26(25)33)18-5-7-32(28)8-6-18/h5,11-15H,6-10H2,1-4H3. The lowest BCUT2D eigenvalue weighted by Crippen LogP contribution is -2.37. The number of aryl methyl sites for hydroxylation is 2. The van der Waals surface area contributed by atoms with Crippen LogP contribution in [0.2, 0.25) is 0 Å². The van der Waals surface area contributed by atoms with Crippen LogP contribution >= 0.6 is 22.9 Å². The summed E-state index contributed by atoms with van der Waals surface area (Å²) in [5.41, 5.74) is 7.52. The number of methoxy groups -OCH3 is 1. The van der Waals surface area contributed by atoms with Crippen LogP contribution in [0.4, 0.5) is 17.1 Å². The Morgan fingerprint density at radius 1 is 1.03 bits per heavy atom. The van der Waals surface area contributed by atoms with Gasteiger partial charge in [0, 0.05) is 86.2 Å². The van der Waals surface area contributed by atoms with Crippen molar-refractivity contribution in [2.45, 2.75) is 13.3 Å². The van der Waals surface area contributed by atoms with Crippen molar-refractivity contribution in [3.8, 4) is 11.8 Å². The molecule has 0 atom stereocenters. The first kappa shape index (κ1) is 23.7. The highest BCUT2D eigenvalue weighted by Gasteiger charge is 2.27. The van der Waals surface area contributed by atoms with Gasteiger partial charge in [0.15, 0.2) is 0 Å². The number of hydrogen-bond donors (Lipinski definition) is 0. The lowest BCUT2D eigenvalue weighted by atomic mass is 9.93. The van der Waals surface area contributed by atoms with Gasteiger partial charge in [-0.15, -0.1) is 0 Å². The van der Waals surface area contributed by atoms with Crippen molar-refractivity contribution < 1.29 is 4.74 Å². The minimum absolute atomic E-state index is 0.0160. The average molecular weight is 581 g/mol. The van der Waals surface area contributed by atoms with Gasteiger partial charge in [-0.1, -0.05) is 6.08 Å². The number of likely N-dealkylation sites (N-methyl/N-ethyl adjacent to an activating group) is 1. The second-order valence-electron chi connectivity index (χ2n) is 9.19. The van der Waals surface area contributed by atoms with Crippen molar-refractivity contribution in [1.29, 1.82) is 5.26 Å². The van der Waals surface area contributed by atoms with E-state index in [0.29, 0.717) is 16.9 Å². The highest BCUT2D eigenvalue weighted by atomic mass is 127. The van der Waals surface area contributed by atoms with E-state index >= 15 is 0 Å². The molecule has 2 aliphatic heterocycles. The van der Waals surface area contributed by atoms with Crippen LogP contribution in [0, 0.1) is 18.3 Å². The molecule has 7 nitrogen and oxygen atoms in total. The van der Waals surface area contributed by atoms with E-state index in [2.05, 4.69) is 61.0 Å². The number of nitrogens with zero attached hydrogens (tertiary/aromatic N) is 5. The number of pyridine rings is 1. The van der Waals surface area contributed by atoms with Crippen LogP contribution in [0.25, 0.3) is 16.5 Å². The minimum atomic E-state index is -0.0160. The molecule has 3 heterocycles. The van der Waals surface area contributed by atoms with Gasteiger partial charge in [0.25, 0.3) is 5.56 Å². The van der Waals surface area contributed by atoms with E-state index in [1.165, 1.54) is 5.57 Å². The van der Waals surface area contributed by atoms with E-state index in [1.54, 1.807) is 18.7 Å². The summed E-state index contributed by atoms with van der Waals surface area (Å²) in [5, 5.41) is 11.1. The summed E-state index contributed by atoms with van der Waals surface area (Å²) in [6.45, 7) is 5.30. The Bertz CT molecular complexity index is 1470. The molecular formula is C27H28IN5O2. The molecule has 0 unspecified atom stereocenters. The number of nitriles is 1. The zero-order chi connectivity index (χ0) is 24.9. The van der Waals surface area contributed by atoms with Gasteiger partial charge in [-0.05, 0) is 42.7 Å². The van der Waals surface area contributed by atoms with Gasteiger partial charge in [0.2, 0.25) is 0 Å². The van der Waals surface area contributed by atoms with E-state index in [1.807, 2.05) is 31.2 Å². The summed E-state index contributed by atoms with van der Waals surface area (Å²) in [5.74, 6) is 0.694. The summed E-state index contributed by atoms with van der Waals surface area (Å²) >= 11 is 2.35. The molecule has 2 aromatic carbocycles. The van der Waals surface area contributed by atoms with Crippen LogP contribution in [0.15, 0.2) is 41.2 Å². The van der Waals surface area contributed by atoms with Gasteiger partial charge in [-0.25, -0.2) is 3.11 Å². The average Bonchev–Trinajstić information content (AvgIpc) is 2.87. The first-order valence-corrected chi connectivity index (χ1v) is 12.6. The van der Waals surface area contributed by atoms with Gasteiger partial charge in [0.1, 0.15) is 5.75 Å². The van der Waals surface area contributed by atoms with E-state index in [9.17, 15) is 10.1 Å². The number of benzene rings is 2. The van der Waals surface area contributed by atoms with Crippen LogP contribution in [-0.2, 0) is 7.05 Å². The van der Waals surface area contributed by atoms with Gasteiger partial charge in [-0.2, -0.15) is 5.26 Å². The largest absolute Gasteiger partial charge is 0.497 e. The van der Waals surface area contributed by atoms with Crippen molar-refractivity contribution in [2.75, 3.05) is 50.1 Å². The molecule has 8 heteroatoms. The van der Waals surface area contributed by atoms with Gasteiger partial charge in [-0.3, -0.25) is 4.79 Å². The van der Waals surface area contributed by atoms with E-state index in [0.717, 1.165) is 66.1 Å². The Balaban J connectivity index is 1.73. The Kier molecular flexibility index (Phi) is 6.23. The van der Waals surface area contributed by atoms with E-state index in [-0.39, 0.29) is 5.56 Å². The summed E-state index contributed by atoms with van der Waals surface area (Å²) in [6, 6.07) is 12.6. The smallest absolute Gasteiger partial charge is 0.253 e. The minimum Gasteiger partial charge on any atom is -0.497 e. The summed E-state index contributed by atoms with van der Waals surface area (Å²) in [4.78, 5) is 17.2. The molecule has 2 aliphatic rings. The van der Waals surface area contributed by atoms with Gasteiger partial charge >= 0.3 is 0 Å². The molecule has 0 radical (unpaired) electrons. The predicted octanol–water partition coefficient (Wildman–Crippen LogP) is 4.75. The molecule has 3 aromatic rings. The molecule has 0 saturated carbocycles. The van der Waals surface area contributed by atoms with E-state index < -0.39 is 0 Å². The fraction of sp³-hybridized carbons (Fsp3) is 0.333. The second kappa shape index (κ2) is 9.21. The SMILES string of the molecule is COc1cc(N2CCN(C)c3cc(C4=CCN(I)CC4)c(C#N)cc32)c2cc(C)c(=O)n(C)c2c1. The van der Waals surface area contributed by atoms with Gasteiger partial charge < -0.3 is 19.1 Å².